The Morgan fingerprint density at radius 1 is 1.37 bits per heavy atom. The predicted molar refractivity (Wildman–Crippen MR) is 69.1 cm³/mol. The Morgan fingerprint density at radius 2 is 1.95 bits per heavy atom. The van der Waals surface area contributed by atoms with Crippen molar-refractivity contribution in [1.82, 2.24) is 9.71 Å². The first-order valence-electron chi connectivity index (χ1n) is 5.38. The third-order valence-electron chi connectivity index (χ3n) is 2.17. The molecule has 0 aliphatic rings. The highest BCUT2D eigenvalue weighted by Crippen LogP contribution is 2.36. The Balaban J connectivity index is 3.08. The lowest BCUT2D eigenvalue weighted by atomic mass is 10.2. The van der Waals surface area contributed by atoms with Gasteiger partial charge in [0, 0.05) is 17.6 Å². The highest BCUT2D eigenvalue weighted by Gasteiger charge is 2.47. The van der Waals surface area contributed by atoms with Gasteiger partial charge in [-0.1, -0.05) is 11.6 Å². The molecule has 1 N–H and O–H groups in total. The van der Waals surface area contributed by atoms with Gasteiger partial charge in [-0.2, -0.15) is 13.2 Å². The van der Waals surface area contributed by atoms with Gasteiger partial charge >= 0.3 is 6.18 Å². The van der Waals surface area contributed by atoms with Crippen LogP contribution in [-0.4, -0.2) is 20.5 Å². The molecule has 8 heteroatoms. The molecule has 2 unspecified atom stereocenters. The summed E-state index contributed by atoms with van der Waals surface area (Å²) in [5, 5.41) is -0.122. The van der Waals surface area contributed by atoms with Crippen molar-refractivity contribution in [3.63, 3.8) is 0 Å². The van der Waals surface area contributed by atoms with Crippen LogP contribution in [0.15, 0.2) is 18.3 Å². The zero-order valence-electron chi connectivity index (χ0n) is 10.6. The Hall–Kier alpha value is -0.500. The Kier molecular flexibility index (Phi) is 5.11. The van der Waals surface area contributed by atoms with Crippen LogP contribution in [0.4, 0.5) is 13.2 Å². The van der Waals surface area contributed by atoms with Crippen molar-refractivity contribution in [3.05, 3.63) is 29.0 Å². The van der Waals surface area contributed by atoms with E-state index in [1.165, 1.54) is 18.3 Å². The lowest BCUT2D eigenvalue weighted by Crippen LogP contribution is -2.46. The Bertz CT molecular complexity index is 437. The van der Waals surface area contributed by atoms with E-state index in [0.717, 1.165) is 0 Å². The van der Waals surface area contributed by atoms with Crippen LogP contribution in [0.25, 0.3) is 0 Å². The van der Waals surface area contributed by atoms with Crippen molar-refractivity contribution in [2.75, 3.05) is 0 Å². The minimum atomic E-state index is -4.64. The fourth-order valence-corrected chi connectivity index (χ4v) is 2.22. The van der Waals surface area contributed by atoms with Crippen LogP contribution in [0.5, 0.6) is 0 Å². The maximum atomic E-state index is 13.0. The molecule has 1 aromatic rings. The van der Waals surface area contributed by atoms with Crippen LogP contribution >= 0.6 is 11.6 Å². The van der Waals surface area contributed by atoms with Gasteiger partial charge < -0.3 is 4.55 Å². The summed E-state index contributed by atoms with van der Waals surface area (Å²) in [6.45, 7) is 4.72. The number of halogens is 4. The Labute approximate surface area is 117 Å². The van der Waals surface area contributed by atoms with Gasteiger partial charge in [-0.3, -0.25) is 4.98 Å². The molecule has 0 aromatic carbocycles. The summed E-state index contributed by atoms with van der Waals surface area (Å²) in [6, 6.07) is 0.575. The number of aromatic nitrogens is 1. The monoisotopic (exact) mass is 314 g/mol. The van der Waals surface area contributed by atoms with E-state index in [9.17, 15) is 17.7 Å². The average molecular weight is 315 g/mol. The van der Waals surface area contributed by atoms with Crippen molar-refractivity contribution in [3.8, 4) is 0 Å². The molecule has 19 heavy (non-hydrogen) atoms. The summed E-state index contributed by atoms with van der Waals surface area (Å²) in [5.41, 5.74) is -0.380. The SMILES string of the molecule is CC(C)(C)[S+]([O-])NC(c1ncccc1Cl)C(F)(F)F. The number of hydrogen-bond acceptors (Lipinski definition) is 3. The zero-order chi connectivity index (χ0) is 14.8. The molecule has 0 aliphatic carbocycles. The number of pyridine rings is 1. The van der Waals surface area contributed by atoms with E-state index in [4.69, 9.17) is 11.6 Å². The largest absolute Gasteiger partial charge is 0.598 e. The molecule has 0 fully saturated rings. The maximum Gasteiger partial charge on any atom is 0.413 e. The quantitative estimate of drug-likeness (QED) is 0.870. The van der Waals surface area contributed by atoms with Crippen molar-refractivity contribution in [1.29, 1.82) is 0 Å². The van der Waals surface area contributed by atoms with Gasteiger partial charge in [0.15, 0.2) is 6.04 Å². The van der Waals surface area contributed by atoms with Crippen LogP contribution in [0, 0.1) is 0 Å². The highest BCUT2D eigenvalue weighted by atomic mass is 35.5. The van der Waals surface area contributed by atoms with Gasteiger partial charge in [-0.05, 0) is 32.9 Å². The summed E-state index contributed by atoms with van der Waals surface area (Å²) in [4.78, 5) is 3.63. The molecule has 0 spiro atoms. The third kappa shape index (κ3) is 4.52. The normalized spacial score (nSPS) is 16.2. The van der Waals surface area contributed by atoms with Crippen molar-refractivity contribution < 1.29 is 17.7 Å². The van der Waals surface area contributed by atoms with E-state index >= 15 is 0 Å². The fraction of sp³-hybridized carbons (Fsp3) is 0.545. The van der Waals surface area contributed by atoms with E-state index in [2.05, 4.69) is 9.71 Å². The predicted octanol–water partition coefficient (Wildman–Crippen LogP) is 3.39. The first-order valence-corrected chi connectivity index (χ1v) is 6.91. The summed E-state index contributed by atoms with van der Waals surface area (Å²) >= 11 is 3.83. The second-order valence-electron chi connectivity index (χ2n) is 4.84. The molecule has 0 radical (unpaired) electrons. The van der Waals surface area contributed by atoms with Crippen LogP contribution in [0.3, 0.4) is 0 Å². The first kappa shape index (κ1) is 16.6. The van der Waals surface area contributed by atoms with Crippen molar-refractivity contribution in [2.45, 2.75) is 37.7 Å². The second-order valence-corrected chi connectivity index (χ2v) is 7.25. The fourth-order valence-electron chi connectivity index (χ4n) is 1.17. The van der Waals surface area contributed by atoms with Gasteiger partial charge in [0.05, 0.1) is 10.7 Å². The molecule has 2 atom stereocenters. The lowest BCUT2D eigenvalue weighted by Gasteiger charge is -2.28. The first-order chi connectivity index (χ1) is 8.53. The smallest absolute Gasteiger partial charge is 0.413 e. The van der Waals surface area contributed by atoms with Crippen LogP contribution in [0.2, 0.25) is 5.02 Å². The minimum absolute atomic E-state index is 0.122. The van der Waals surface area contributed by atoms with Gasteiger partial charge in [-0.15, -0.1) is 4.72 Å². The maximum absolute atomic E-state index is 13.0. The van der Waals surface area contributed by atoms with E-state index in [1.54, 1.807) is 20.8 Å². The molecular weight excluding hydrogens is 301 g/mol. The summed E-state index contributed by atoms with van der Waals surface area (Å²) in [6.07, 6.45) is -3.43. The standard InChI is InChI=1S/C11H14ClF3N2OS/c1-10(2,3)19(18)17-9(11(13,14)15)8-7(12)5-4-6-16-8/h4-6,9,17H,1-3H3. The van der Waals surface area contributed by atoms with E-state index < -0.39 is 28.3 Å². The summed E-state index contributed by atoms with van der Waals surface area (Å²) in [7, 11) is 0. The third-order valence-corrected chi connectivity index (χ3v) is 4.05. The molecule has 1 rings (SSSR count). The van der Waals surface area contributed by atoms with Gasteiger partial charge in [0.2, 0.25) is 0 Å². The topological polar surface area (TPSA) is 48.0 Å². The molecule has 1 heterocycles. The molecule has 0 saturated carbocycles. The van der Waals surface area contributed by atoms with Crippen LogP contribution < -0.4 is 4.72 Å². The van der Waals surface area contributed by atoms with Crippen molar-refractivity contribution >= 4 is 23.0 Å². The van der Waals surface area contributed by atoms with Crippen LogP contribution in [-0.2, 0) is 11.4 Å². The van der Waals surface area contributed by atoms with Gasteiger partial charge in [0.25, 0.3) is 0 Å². The molecule has 0 amide bonds. The van der Waals surface area contributed by atoms with E-state index in [1.807, 2.05) is 0 Å². The molecule has 3 nitrogen and oxygen atoms in total. The number of alkyl halides is 3. The van der Waals surface area contributed by atoms with Gasteiger partial charge in [-0.25, -0.2) is 0 Å². The molecule has 0 bridgehead atoms. The molecule has 0 aliphatic heterocycles. The highest BCUT2D eigenvalue weighted by molar-refractivity contribution is 7.90. The number of hydrogen-bond donors (Lipinski definition) is 1. The molecule has 0 saturated heterocycles. The number of nitrogens with zero attached hydrogens (tertiary/aromatic N) is 1. The lowest BCUT2D eigenvalue weighted by molar-refractivity contribution is -0.153. The van der Waals surface area contributed by atoms with E-state index in [-0.39, 0.29) is 10.7 Å². The molecular formula is C11H14ClF3N2OS. The number of nitrogens with one attached hydrogen (secondary N) is 1. The summed E-state index contributed by atoms with van der Waals surface area (Å²) in [5.74, 6) is 0. The molecule has 1 aromatic heterocycles. The summed E-state index contributed by atoms with van der Waals surface area (Å²) < 4.78 is 52.2. The van der Waals surface area contributed by atoms with Crippen molar-refractivity contribution in [2.24, 2.45) is 0 Å². The number of rotatable bonds is 3. The zero-order valence-corrected chi connectivity index (χ0v) is 12.2. The van der Waals surface area contributed by atoms with Crippen LogP contribution in [0.1, 0.15) is 32.5 Å². The second kappa shape index (κ2) is 5.87. The van der Waals surface area contributed by atoms with Gasteiger partial charge in [0.1, 0.15) is 4.75 Å². The Morgan fingerprint density at radius 3 is 2.37 bits per heavy atom. The average Bonchev–Trinajstić information content (AvgIpc) is 2.24. The minimum Gasteiger partial charge on any atom is -0.598 e. The molecule has 108 valence electrons. The van der Waals surface area contributed by atoms with E-state index in [0.29, 0.717) is 0 Å².